The van der Waals surface area contributed by atoms with Gasteiger partial charge in [0.2, 0.25) is 0 Å². The van der Waals surface area contributed by atoms with E-state index in [0.717, 1.165) is 31.5 Å². The van der Waals surface area contributed by atoms with E-state index in [9.17, 15) is 24.6 Å². The largest absolute Gasteiger partial charge is 0.395 e. The molecule has 2 aromatic rings. The lowest BCUT2D eigenvalue weighted by atomic mass is 9.93. The van der Waals surface area contributed by atoms with Gasteiger partial charge in [-0.05, 0) is 73.3 Å². The van der Waals surface area contributed by atoms with Crippen LogP contribution in [-0.4, -0.2) is 82.7 Å². The normalized spacial score (nSPS) is 22.1. The highest BCUT2D eigenvalue weighted by atomic mass is 35.5. The number of nitrogens with one attached hydrogen (secondary N) is 1. The number of carbonyl (C=O) groups excluding carboxylic acids is 3. The molecule has 43 heavy (non-hydrogen) atoms. The number of hydrogen-bond acceptors (Lipinski definition) is 8. The maximum Gasteiger partial charge on any atom is 0.261 e. The maximum absolute atomic E-state index is 13.3. The molecule has 2 aromatic carbocycles. The molecule has 3 heterocycles. The van der Waals surface area contributed by atoms with Crippen molar-refractivity contribution >= 4 is 40.6 Å². The number of piperidine rings is 1. The molecular weight excluding hydrogens is 568 g/mol. The molecule has 0 saturated carbocycles. The number of aliphatic hydroxyl groups is 2. The Morgan fingerprint density at radius 3 is 2.53 bits per heavy atom. The Bertz CT molecular complexity index is 1490. The third-order valence-electron chi connectivity index (χ3n) is 8.50. The van der Waals surface area contributed by atoms with Crippen LogP contribution in [-0.2, 0) is 11.2 Å². The molecule has 0 radical (unpaired) electrons. The third kappa shape index (κ3) is 6.21. The Morgan fingerprint density at radius 2 is 1.81 bits per heavy atom. The molecule has 1 saturated heterocycles. The molecule has 2 amide bonds. The summed E-state index contributed by atoms with van der Waals surface area (Å²) in [5, 5.41) is 23.7. The van der Waals surface area contributed by atoms with Crippen LogP contribution in [0.5, 0.6) is 0 Å². The summed E-state index contributed by atoms with van der Waals surface area (Å²) in [6, 6.07) is 10.5. The minimum Gasteiger partial charge on any atom is -0.395 e. The molecule has 0 bridgehead atoms. The average Bonchev–Trinajstić information content (AvgIpc) is 3.49. The monoisotopic (exact) mass is 604 g/mol. The fourth-order valence-electron chi connectivity index (χ4n) is 6.21. The first-order valence-electron chi connectivity index (χ1n) is 14.4. The molecule has 10 heteroatoms. The molecule has 4 aliphatic rings. The van der Waals surface area contributed by atoms with Crippen LogP contribution in [0, 0.1) is 5.92 Å². The van der Waals surface area contributed by atoms with E-state index in [0.29, 0.717) is 63.9 Å². The van der Waals surface area contributed by atoms with Gasteiger partial charge in [0.1, 0.15) is 0 Å². The summed E-state index contributed by atoms with van der Waals surface area (Å²) in [5.74, 6) is -0.401. The number of aliphatic imine (C=N–C) groups is 1. The van der Waals surface area contributed by atoms with Crippen LogP contribution in [0.3, 0.4) is 0 Å². The van der Waals surface area contributed by atoms with Gasteiger partial charge in [-0.2, -0.15) is 0 Å². The van der Waals surface area contributed by atoms with Gasteiger partial charge in [-0.15, -0.1) is 0 Å². The lowest BCUT2D eigenvalue weighted by Crippen LogP contribution is -2.41. The number of ketones is 1. The molecule has 226 valence electrons. The van der Waals surface area contributed by atoms with Crippen molar-refractivity contribution in [2.24, 2.45) is 10.9 Å². The zero-order chi connectivity index (χ0) is 29.4. The van der Waals surface area contributed by atoms with Gasteiger partial charge in [0, 0.05) is 42.3 Å². The first kappa shape index (κ1) is 30.8. The highest BCUT2D eigenvalue weighted by Crippen LogP contribution is 2.37. The van der Waals surface area contributed by atoms with Crippen molar-refractivity contribution in [2.45, 2.75) is 39.2 Å². The fraction of sp³-hybridized carbons (Fsp3) is 0.394. The minimum atomic E-state index is -0.877. The average molecular weight is 605 g/mol. The van der Waals surface area contributed by atoms with Gasteiger partial charge in [-0.25, -0.2) is 0 Å². The van der Waals surface area contributed by atoms with Crippen LogP contribution >= 0.6 is 11.6 Å². The molecule has 1 fully saturated rings. The van der Waals surface area contributed by atoms with Crippen molar-refractivity contribution in [3.05, 3.63) is 87.1 Å². The Balaban J connectivity index is 0.00000368. The summed E-state index contributed by atoms with van der Waals surface area (Å²) in [5.41, 5.74) is 4.59. The van der Waals surface area contributed by atoms with Crippen LogP contribution in [0.2, 0.25) is 5.02 Å². The summed E-state index contributed by atoms with van der Waals surface area (Å²) in [7, 11) is 0. The summed E-state index contributed by atoms with van der Waals surface area (Å²) >= 11 is 6.06. The number of amides is 2. The number of halogens is 1. The van der Waals surface area contributed by atoms with E-state index in [4.69, 9.17) is 11.6 Å². The number of aliphatic hydroxyl groups excluding tert-OH is 2. The predicted octanol–water partition coefficient (Wildman–Crippen LogP) is 4.20. The van der Waals surface area contributed by atoms with Gasteiger partial charge >= 0.3 is 0 Å². The van der Waals surface area contributed by atoms with Gasteiger partial charge in [-0.3, -0.25) is 24.3 Å². The Kier molecular flexibility index (Phi) is 9.27. The predicted molar refractivity (Wildman–Crippen MR) is 167 cm³/mol. The number of likely N-dealkylation sites (tertiary alicyclic amines) is 1. The Labute approximate surface area is 256 Å². The highest BCUT2D eigenvalue weighted by molar-refractivity contribution is 6.30. The zero-order valence-corrected chi connectivity index (χ0v) is 23.9. The molecular formula is C33H37ClN4O5. The number of β-amino-alcohol motifs (C(OH)–C–C–N with tert-alkyl or cyclic N) is 1. The van der Waals surface area contributed by atoms with Crippen molar-refractivity contribution in [1.82, 2.24) is 9.80 Å². The summed E-state index contributed by atoms with van der Waals surface area (Å²) in [6.07, 6.45) is 5.08. The van der Waals surface area contributed by atoms with Crippen LogP contribution < -0.4 is 5.32 Å². The molecule has 1 aliphatic carbocycles. The second-order valence-corrected chi connectivity index (χ2v) is 11.7. The summed E-state index contributed by atoms with van der Waals surface area (Å²) in [6.45, 7) is 2.94. The SMILES string of the molecule is C.O=C1CC=CC(=NC[C@@H](O)c2cccc(Cl)c2)C1=C1Cc2cc3c(cc2N1)C(=O)N(CC1CCN(CCO)CC1)C3=O. The second-order valence-electron chi connectivity index (χ2n) is 11.3. The van der Waals surface area contributed by atoms with Gasteiger partial charge in [0.25, 0.3) is 11.8 Å². The number of Topliss-reactive ketones (excluding diaryl/α,β-unsaturated/α-hetero) is 1. The van der Waals surface area contributed by atoms with Crippen LogP contribution in [0.25, 0.3) is 0 Å². The number of carbonyl (C=O) groups is 3. The number of benzene rings is 2. The molecule has 1 atom stereocenters. The number of allylic oxidation sites excluding steroid dienone is 4. The minimum absolute atomic E-state index is 0. The van der Waals surface area contributed by atoms with Gasteiger partial charge in [0.05, 0.1) is 41.7 Å². The van der Waals surface area contributed by atoms with Crippen LogP contribution in [0.15, 0.2) is 64.8 Å². The van der Waals surface area contributed by atoms with E-state index in [2.05, 4.69) is 15.2 Å². The lowest BCUT2D eigenvalue weighted by Gasteiger charge is -2.32. The standard InChI is InChI=1S/C32H33ClN4O5.CH4/c33-22-4-1-3-20(13-22)29(40)17-34-25-5-2-6-28(39)30(25)27-15-21-14-23-24(16-26(21)35-27)32(42)37(31(23)41)18-19-7-9-36(10-8-19)11-12-38;/h1-5,13-14,16,19,29,35,38,40H,6-12,15,17-18H2;1H4/t29-;/m1./s1. The van der Waals surface area contributed by atoms with Crippen molar-refractivity contribution in [1.29, 1.82) is 0 Å². The van der Waals surface area contributed by atoms with Crippen molar-refractivity contribution in [3.8, 4) is 0 Å². The van der Waals surface area contributed by atoms with Crippen molar-refractivity contribution in [3.63, 3.8) is 0 Å². The van der Waals surface area contributed by atoms with Crippen LogP contribution in [0.4, 0.5) is 5.69 Å². The van der Waals surface area contributed by atoms with E-state index >= 15 is 0 Å². The Hall–Kier alpha value is -3.63. The number of imide groups is 1. The first-order valence-corrected chi connectivity index (χ1v) is 14.7. The molecule has 0 spiro atoms. The third-order valence-corrected chi connectivity index (χ3v) is 8.73. The number of rotatable bonds is 7. The molecule has 0 aromatic heterocycles. The fourth-order valence-corrected chi connectivity index (χ4v) is 6.41. The first-order chi connectivity index (χ1) is 20.3. The molecule has 3 N–H and O–H groups in total. The molecule has 0 unspecified atom stereocenters. The van der Waals surface area contributed by atoms with Crippen molar-refractivity contribution < 1.29 is 24.6 Å². The second kappa shape index (κ2) is 12.9. The lowest BCUT2D eigenvalue weighted by molar-refractivity contribution is -0.114. The van der Waals surface area contributed by atoms with Crippen LogP contribution in [0.1, 0.15) is 64.6 Å². The molecule has 3 aliphatic heterocycles. The number of fused-ring (bicyclic) bond motifs is 2. The topological polar surface area (TPSA) is 123 Å². The summed E-state index contributed by atoms with van der Waals surface area (Å²) in [4.78, 5) is 47.9. The molecule has 9 nitrogen and oxygen atoms in total. The number of nitrogens with zero attached hydrogens (tertiary/aromatic N) is 3. The quantitative estimate of drug-likeness (QED) is 0.320. The molecule has 6 rings (SSSR count). The van der Waals surface area contributed by atoms with Gasteiger partial charge in [0.15, 0.2) is 5.78 Å². The highest BCUT2D eigenvalue weighted by Gasteiger charge is 2.39. The maximum atomic E-state index is 13.3. The van der Waals surface area contributed by atoms with Gasteiger partial charge in [-0.1, -0.05) is 37.2 Å². The van der Waals surface area contributed by atoms with E-state index in [1.54, 1.807) is 48.6 Å². The van der Waals surface area contributed by atoms with E-state index < -0.39 is 6.10 Å². The van der Waals surface area contributed by atoms with E-state index in [1.165, 1.54) is 4.90 Å². The smallest absolute Gasteiger partial charge is 0.261 e. The van der Waals surface area contributed by atoms with Gasteiger partial charge < -0.3 is 20.4 Å². The van der Waals surface area contributed by atoms with E-state index in [-0.39, 0.29) is 50.5 Å². The number of hydrogen-bond donors (Lipinski definition) is 3. The summed E-state index contributed by atoms with van der Waals surface area (Å²) < 4.78 is 0. The zero-order valence-electron chi connectivity index (χ0n) is 23.2. The number of anilines is 1. The Morgan fingerprint density at radius 1 is 1.07 bits per heavy atom. The van der Waals surface area contributed by atoms with Crippen molar-refractivity contribution in [2.75, 3.05) is 44.6 Å². The van der Waals surface area contributed by atoms with E-state index in [1.807, 2.05) is 0 Å².